The number of carbonyl (C=O) groups excluding carboxylic acids is 4. The maximum absolute atomic E-state index is 12.4. The fraction of sp³-hybridized carbons (Fsp3) is 0.433. The molecular formula is C30H46N6O7. The monoisotopic (exact) mass is 602 g/mol. The van der Waals surface area contributed by atoms with E-state index in [1.54, 1.807) is 64.2 Å². The number of carbonyl (C=O) groups is 5. The number of nitrogens with two attached hydrogens (primary N) is 1. The number of rotatable bonds is 13. The van der Waals surface area contributed by atoms with Crippen LogP contribution in [0.4, 0.5) is 16.2 Å². The average Bonchev–Trinajstić information content (AvgIpc) is 2.99. The molecule has 0 aliphatic heterocycles. The van der Waals surface area contributed by atoms with Gasteiger partial charge in [-0.3, -0.25) is 19.2 Å². The van der Waals surface area contributed by atoms with Gasteiger partial charge in [-0.1, -0.05) is 58.9 Å². The number of ether oxygens (including phenoxy) is 1. The van der Waals surface area contributed by atoms with Crippen LogP contribution in [-0.4, -0.2) is 61.1 Å². The van der Waals surface area contributed by atoms with Crippen LogP contribution in [0.2, 0.25) is 0 Å². The standard InChI is InChI=1S/C25H34N6O5.C3H6O2.C2H6/c1-16(2)23(31-21(32)13-27-3)24(34)28-14-22(33)30-20-10-6-18(7-11-20)15-36-25(35)29-12-17-4-8-19(26)9-5-17;1-2-3(4)5;1-2/h4-11,16,23,27H,12-15,26H2,1-3H3,(H,28,34)(H,29,35)(H,30,33)(H,31,32);2H2,1H3,(H,4,5);1-2H3. The minimum atomic E-state index is -0.748. The van der Waals surface area contributed by atoms with Crippen molar-refractivity contribution in [3.63, 3.8) is 0 Å². The summed E-state index contributed by atoms with van der Waals surface area (Å²) >= 11 is 0. The van der Waals surface area contributed by atoms with Gasteiger partial charge in [0.25, 0.3) is 0 Å². The number of aliphatic carboxylic acids is 1. The first kappa shape index (κ1) is 38.4. The van der Waals surface area contributed by atoms with E-state index < -0.39 is 29.9 Å². The number of hydrogen-bond donors (Lipinski definition) is 7. The van der Waals surface area contributed by atoms with E-state index in [0.29, 0.717) is 17.9 Å². The number of anilines is 2. The fourth-order valence-corrected chi connectivity index (χ4v) is 3.10. The van der Waals surface area contributed by atoms with E-state index in [2.05, 4.69) is 26.6 Å². The lowest BCUT2D eigenvalue weighted by atomic mass is 10.0. The average molecular weight is 603 g/mol. The second kappa shape index (κ2) is 22.0. The second-order valence-electron chi connectivity index (χ2n) is 9.20. The van der Waals surface area contributed by atoms with Crippen molar-refractivity contribution in [1.82, 2.24) is 21.3 Å². The predicted octanol–water partition coefficient (Wildman–Crippen LogP) is 2.62. The van der Waals surface area contributed by atoms with Gasteiger partial charge in [0.05, 0.1) is 13.1 Å². The van der Waals surface area contributed by atoms with Crippen LogP contribution in [0.15, 0.2) is 48.5 Å². The van der Waals surface area contributed by atoms with Crippen LogP contribution in [0.1, 0.15) is 52.2 Å². The molecular weight excluding hydrogens is 556 g/mol. The zero-order chi connectivity index (χ0) is 32.8. The minimum absolute atomic E-state index is 0.0632. The Balaban J connectivity index is 0.00000227. The quantitative estimate of drug-likeness (QED) is 0.168. The highest BCUT2D eigenvalue weighted by atomic mass is 16.5. The van der Waals surface area contributed by atoms with Crippen molar-refractivity contribution in [1.29, 1.82) is 0 Å². The van der Waals surface area contributed by atoms with Gasteiger partial charge in [0.2, 0.25) is 17.7 Å². The molecule has 8 N–H and O–H groups in total. The third-order valence-electron chi connectivity index (χ3n) is 5.35. The molecule has 0 spiro atoms. The fourth-order valence-electron chi connectivity index (χ4n) is 3.10. The highest BCUT2D eigenvalue weighted by molar-refractivity contribution is 5.96. The molecule has 2 rings (SSSR count). The van der Waals surface area contributed by atoms with Crippen LogP contribution < -0.4 is 32.3 Å². The molecule has 13 heteroatoms. The number of likely N-dealkylation sites (N-methyl/N-ethyl adjacent to an activating group) is 1. The van der Waals surface area contributed by atoms with Crippen molar-refractivity contribution in [3.8, 4) is 0 Å². The van der Waals surface area contributed by atoms with Gasteiger partial charge >= 0.3 is 12.1 Å². The Bertz CT molecular complexity index is 1140. The molecule has 0 radical (unpaired) electrons. The Labute approximate surface area is 253 Å². The van der Waals surface area contributed by atoms with Gasteiger partial charge in [-0.2, -0.15) is 0 Å². The van der Waals surface area contributed by atoms with Crippen molar-refractivity contribution in [3.05, 3.63) is 59.7 Å². The second-order valence-corrected chi connectivity index (χ2v) is 9.20. The summed E-state index contributed by atoms with van der Waals surface area (Å²) in [7, 11) is 1.63. The molecule has 0 aromatic heterocycles. The third-order valence-corrected chi connectivity index (χ3v) is 5.35. The summed E-state index contributed by atoms with van der Waals surface area (Å²) in [4.78, 5) is 57.7. The largest absolute Gasteiger partial charge is 0.481 e. The van der Waals surface area contributed by atoms with E-state index in [-0.39, 0.29) is 37.9 Å². The highest BCUT2D eigenvalue weighted by Crippen LogP contribution is 2.11. The van der Waals surface area contributed by atoms with E-state index >= 15 is 0 Å². The van der Waals surface area contributed by atoms with E-state index in [9.17, 15) is 24.0 Å². The molecule has 0 aliphatic rings. The summed E-state index contributed by atoms with van der Waals surface area (Å²) in [6.07, 6.45) is -0.332. The van der Waals surface area contributed by atoms with E-state index in [4.69, 9.17) is 15.6 Å². The van der Waals surface area contributed by atoms with Gasteiger partial charge in [0, 0.05) is 24.3 Å². The molecule has 1 unspecified atom stereocenters. The molecule has 0 heterocycles. The van der Waals surface area contributed by atoms with Crippen LogP contribution in [0, 0.1) is 5.92 Å². The number of carboxylic acid groups (broad SMARTS) is 1. The zero-order valence-corrected chi connectivity index (χ0v) is 25.8. The molecule has 0 bridgehead atoms. The number of amides is 4. The molecule has 2 aromatic carbocycles. The van der Waals surface area contributed by atoms with Gasteiger partial charge in [-0.05, 0) is 48.4 Å². The molecule has 0 aliphatic carbocycles. The van der Waals surface area contributed by atoms with Crippen LogP contribution in [0.5, 0.6) is 0 Å². The number of carboxylic acids is 1. The minimum Gasteiger partial charge on any atom is -0.481 e. The van der Waals surface area contributed by atoms with Crippen LogP contribution in [0.25, 0.3) is 0 Å². The first-order valence-electron chi connectivity index (χ1n) is 14.0. The molecule has 13 nitrogen and oxygen atoms in total. The number of nitrogen functional groups attached to an aromatic ring is 1. The van der Waals surface area contributed by atoms with E-state index in [1.165, 1.54) is 0 Å². The van der Waals surface area contributed by atoms with Crippen LogP contribution in [-0.2, 0) is 37.1 Å². The summed E-state index contributed by atoms with van der Waals surface area (Å²) in [6, 6.07) is 13.2. The van der Waals surface area contributed by atoms with Crippen LogP contribution in [0.3, 0.4) is 0 Å². The zero-order valence-electron chi connectivity index (χ0n) is 25.8. The lowest BCUT2D eigenvalue weighted by Crippen LogP contribution is -2.52. The van der Waals surface area contributed by atoms with Crippen molar-refractivity contribution < 1.29 is 33.8 Å². The molecule has 238 valence electrons. The summed E-state index contributed by atoms with van der Waals surface area (Å²) < 4.78 is 5.20. The third kappa shape index (κ3) is 17.7. The lowest BCUT2D eigenvalue weighted by molar-refractivity contribution is -0.136. The summed E-state index contributed by atoms with van der Waals surface area (Å²) in [5.74, 6) is -2.06. The smallest absolute Gasteiger partial charge is 0.407 e. The first-order chi connectivity index (χ1) is 20.4. The van der Waals surface area contributed by atoms with E-state index in [0.717, 1.165) is 11.1 Å². The molecule has 2 aromatic rings. The van der Waals surface area contributed by atoms with Gasteiger partial charge in [0.1, 0.15) is 12.6 Å². The van der Waals surface area contributed by atoms with Crippen molar-refractivity contribution in [2.45, 2.75) is 60.2 Å². The van der Waals surface area contributed by atoms with Gasteiger partial charge < -0.3 is 42.2 Å². The first-order valence-corrected chi connectivity index (χ1v) is 14.0. The van der Waals surface area contributed by atoms with Gasteiger partial charge in [-0.25, -0.2) is 4.79 Å². The number of benzene rings is 2. The van der Waals surface area contributed by atoms with Gasteiger partial charge in [-0.15, -0.1) is 0 Å². The van der Waals surface area contributed by atoms with Crippen molar-refractivity contribution in [2.24, 2.45) is 5.92 Å². The Kier molecular flexibility index (Phi) is 19.6. The predicted molar refractivity (Wildman–Crippen MR) is 166 cm³/mol. The molecule has 43 heavy (non-hydrogen) atoms. The topological polar surface area (TPSA) is 201 Å². The number of alkyl carbamates (subject to hydrolysis) is 1. The maximum Gasteiger partial charge on any atom is 0.407 e. The molecule has 1 atom stereocenters. The normalized spacial score (nSPS) is 10.5. The Hall–Kier alpha value is -4.65. The lowest BCUT2D eigenvalue weighted by Gasteiger charge is -2.21. The Morgan fingerprint density at radius 3 is 1.93 bits per heavy atom. The Morgan fingerprint density at radius 2 is 1.42 bits per heavy atom. The van der Waals surface area contributed by atoms with Gasteiger partial charge in [0.15, 0.2) is 0 Å². The molecule has 0 saturated heterocycles. The summed E-state index contributed by atoms with van der Waals surface area (Å²) in [5.41, 5.74) is 8.44. The van der Waals surface area contributed by atoms with Crippen molar-refractivity contribution in [2.75, 3.05) is 31.2 Å². The SMILES string of the molecule is CC.CCC(=O)O.CNCC(=O)NC(C(=O)NCC(=O)Nc1ccc(COC(=O)NCc2ccc(N)cc2)cc1)C(C)C. The number of nitrogens with one attached hydrogen (secondary N) is 5. The molecule has 0 fully saturated rings. The number of hydrogen-bond acceptors (Lipinski definition) is 8. The molecule has 4 amide bonds. The maximum atomic E-state index is 12.4. The highest BCUT2D eigenvalue weighted by Gasteiger charge is 2.24. The van der Waals surface area contributed by atoms with Crippen LogP contribution >= 0.6 is 0 Å². The Morgan fingerprint density at radius 1 is 0.860 bits per heavy atom. The van der Waals surface area contributed by atoms with E-state index in [1.807, 2.05) is 26.0 Å². The summed E-state index contributed by atoms with van der Waals surface area (Å²) in [6.45, 7) is 9.43. The van der Waals surface area contributed by atoms with Crippen molar-refractivity contribution >= 4 is 41.2 Å². The molecule has 0 saturated carbocycles. The summed E-state index contributed by atoms with van der Waals surface area (Å²) in [5, 5.41) is 21.0.